The van der Waals surface area contributed by atoms with Crippen molar-refractivity contribution < 1.29 is 9.72 Å². The third kappa shape index (κ3) is 4.03. The molecule has 0 heterocycles. The van der Waals surface area contributed by atoms with E-state index in [1.54, 1.807) is 24.9 Å². The normalized spacial score (nSPS) is 11.7. The van der Waals surface area contributed by atoms with Crippen LogP contribution in [0.1, 0.15) is 13.3 Å². The molecule has 0 aliphatic rings. The Morgan fingerprint density at radius 1 is 1.55 bits per heavy atom. The molecule has 0 aliphatic carbocycles. The van der Waals surface area contributed by atoms with Crippen LogP contribution in [0.5, 0.6) is 0 Å². The molecule has 1 aromatic carbocycles. The molecule has 0 saturated carbocycles. The maximum Gasteiger partial charge on any atom is 0.292 e. The number of hydrogen-bond acceptors (Lipinski definition) is 5. The van der Waals surface area contributed by atoms with Crippen LogP contribution in [0.15, 0.2) is 24.3 Å². The van der Waals surface area contributed by atoms with E-state index in [-0.39, 0.29) is 17.3 Å². The first-order chi connectivity index (χ1) is 9.47. The lowest BCUT2D eigenvalue weighted by molar-refractivity contribution is -0.383. The number of carbonyl (C=O) groups excluding carboxylic acids is 1. The molecule has 106 valence electrons. The summed E-state index contributed by atoms with van der Waals surface area (Å²) in [5.41, 5.74) is 0.0239. The minimum absolute atomic E-state index is 0.146. The molecule has 7 nitrogen and oxygen atoms in total. The predicted octanol–water partition coefficient (Wildman–Crippen LogP) is 1.77. The quantitative estimate of drug-likeness (QED) is 0.630. The predicted molar refractivity (Wildman–Crippen MR) is 74.0 cm³/mol. The summed E-state index contributed by atoms with van der Waals surface area (Å²) in [6, 6.07) is 7.49. The van der Waals surface area contributed by atoms with Crippen molar-refractivity contribution in [3.63, 3.8) is 0 Å². The largest absolute Gasteiger partial charge is 0.319 e. The SMILES string of the molecule is C[C@@H](C(=O)Nc1ccccc1[N+](=O)[O-])N(C)CCC#N. The van der Waals surface area contributed by atoms with Gasteiger partial charge in [0.05, 0.1) is 17.0 Å². The van der Waals surface area contributed by atoms with Gasteiger partial charge in [-0.3, -0.25) is 19.8 Å². The van der Waals surface area contributed by atoms with Gasteiger partial charge >= 0.3 is 0 Å². The molecular formula is C13H16N4O3. The molecule has 1 rings (SSSR count). The number of carbonyl (C=O) groups is 1. The number of nitrogens with zero attached hydrogens (tertiary/aromatic N) is 3. The fraction of sp³-hybridized carbons (Fsp3) is 0.385. The summed E-state index contributed by atoms with van der Waals surface area (Å²) in [7, 11) is 1.72. The van der Waals surface area contributed by atoms with E-state index in [2.05, 4.69) is 5.32 Å². The highest BCUT2D eigenvalue weighted by Crippen LogP contribution is 2.23. The molecule has 0 aliphatic heterocycles. The van der Waals surface area contributed by atoms with Crippen molar-refractivity contribution in [1.82, 2.24) is 4.90 Å². The van der Waals surface area contributed by atoms with Crippen molar-refractivity contribution in [2.75, 3.05) is 18.9 Å². The van der Waals surface area contributed by atoms with Crippen LogP contribution in [0.2, 0.25) is 0 Å². The number of amides is 1. The zero-order valence-electron chi connectivity index (χ0n) is 11.4. The van der Waals surface area contributed by atoms with Crippen LogP contribution in [-0.4, -0.2) is 35.4 Å². The Bertz CT molecular complexity index is 539. The Balaban J connectivity index is 2.76. The van der Waals surface area contributed by atoms with Gasteiger partial charge in [0, 0.05) is 19.0 Å². The second-order valence-electron chi connectivity index (χ2n) is 4.33. The van der Waals surface area contributed by atoms with Gasteiger partial charge < -0.3 is 5.32 Å². The van der Waals surface area contributed by atoms with Gasteiger partial charge in [0.2, 0.25) is 5.91 Å². The standard InChI is InChI=1S/C13H16N4O3/c1-10(16(2)9-5-8-14)13(18)15-11-6-3-4-7-12(11)17(19)20/h3-4,6-7,10H,5,9H2,1-2H3,(H,15,18)/t10-/m0/s1. The lowest BCUT2D eigenvalue weighted by Crippen LogP contribution is -2.40. The number of benzene rings is 1. The first kappa shape index (κ1) is 15.6. The fourth-order valence-electron chi connectivity index (χ4n) is 1.60. The minimum Gasteiger partial charge on any atom is -0.319 e. The molecule has 0 bridgehead atoms. The van der Waals surface area contributed by atoms with Crippen LogP contribution in [0, 0.1) is 21.4 Å². The Morgan fingerprint density at radius 2 is 2.20 bits per heavy atom. The van der Waals surface area contributed by atoms with Crippen molar-refractivity contribution in [2.45, 2.75) is 19.4 Å². The number of hydrogen-bond donors (Lipinski definition) is 1. The first-order valence-corrected chi connectivity index (χ1v) is 6.09. The summed E-state index contributed by atoms with van der Waals surface area (Å²) in [6.45, 7) is 2.14. The van der Waals surface area contributed by atoms with Crippen LogP contribution in [0.3, 0.4) is 0 Å². The minimum atomic E-state index is -0.542. The molecular weight excluding hydrogens is 260 g/mol. The van der Waals surface area contributed by atoms with Gasteiger partial charge in [-0.05, 0) is 20.0 Å². The van der Waals surface area contributed by atoms with E-state index in [0.717, 1.165) is 0 Å². The number of likely N-dealkylation sites (N-methyl/N-ethyl adjacent to an activating group) is 1. The monoisotopic (exact) mass is 276 g/mol. The lowest BCUT2D eigenvalue weighted by Gasteiger charge is -2.22. The highest BCUT2D eigenvalue weighted by atomic mass is 16.6. The lowest BCUT2D eigenvalue weighted by atomic mass is 10.2. The van der Waals surface area contributed by atoms with Crippen molar-refractivity contribution in [3.8, 4) is 6.07 Å². The molecule has 0 radical (unpaired) electrons. The Kier molecular flexibility index (Phi) is 5.62. The van der Waals surface area contributed by atoms with Crippen LogP contribution >= 0.6 is 0 Å². The average molecular weight is 276 g/mol. The molecule has 0 aromatic heterocycles. The fourth-order valence-corrected chi connectivity index (χ4v) is 1.60. The van der Waals surface area contributed by atoms with E-state index in [9.17, 15) is 14.9 Å². The summed E-state index contributed by atoms with van der Waals surface area (Å²) in [5.74, 6) is -0.347. The Labute approximate surface area is 117 Å². The molecule has 20 heavy (non-hydrogen) atoms. The zero-order valence-corrected chi connectivity index (χ0v) is 11.4. The molecule has 0 spiro atoms. The van der Waals surface area contributed by atoms with Crippen LogP contribution in [0.4, 0.5) is 11.4 Å². The number of para-hydroxylation sites is 2. The number of nitrogens with one attached hydrogen (secondary N) is 1. The van der Waals surface area contributed by atoms with Gasteiger partial charge in [0.1, 0.15) is 5.69 Å². The highest BCUT2D eigenvalue weighted by molar-refractivity contribution is 5.96. The van der Waals surface area contributed by atoms with Gasteiger partial charge in [0.25, 0.3) is 5.69 Å². The number of nitriles is 1. The summed E-state index contributed by atoms with van der Waals surface area (Å²) < 4.78 is 0. The molecule has 1 amide bonds. The third-order valence-electron chi connectivity index (χ3n) is 2.98. The van der Waals surface area contributed by atoms with Gasteiger partial charge in [-0.1, -0.05) is 12.1 Å². The van der Waals surface area contributed by atoms with Crippen molar-refractivity contribution in [3.05, 3.63) is 34.4 Å². The number of rotatable bonds is 6. The van der Waals surface area contributed by atoms with Gasteiger partial charge in [0.15, 0.2) is 0 Å². The van der Waals surface area contributed by atoms with Gasteiger partial charge in [-0.15, -0.1) is 0 Å². The summed E-state index contributed by atoms with van der Waals surface area (Å²) in [4.78, 5) is 24.1. The summed E-state index contributed by atoms with van der Waals surface area (Å²) >= 11 is 0. The molecule has 7 heteroatoms. The topological polar surface area (TPSA) is 99.3 Å². The first-order valence-electron chi connectivity index (χ1n) is 6.09. The molecule has 0 fully saturated rings. The molecule has 1 atom stereocenters. The maximum atomic E-state index is 12.0. The maximum absolute atomic E-state index is 12.0. The third-order valence-corrected chi connectivity index (χ3v) is 2.98. The molecule has 1 aromatic rings. The van der Waals surface area contributed by atoms with E-state index >= 15 is 0 Å². The molecule has 0 unspecified atom stereocenters. The molecule has 0 saturated heterocycles. The molecule has 1 N–H and O–H groups in total. The van der Waals surface area contributed by atoms with E-state index in [1.807, 2.05) is 6.07 Å². The number of nitro groups is 1. The second kappa shape index (κ2) is 7.21. The van der Waals surface area contributed by atoms with E-state index in [0.29, 0.717) is 13.0 Å². The van der Waals surface area contributed by atoms with Crippen LogP contribution in [0.25, 0.3) is 0 Å². The van der Waals surface area contributed by atoms with Crippen molar-refractivity contribution in [1.29, 1.82) is 5.26 Å². The Hall–Kier alpha value is -2.46. The highest BCUT2D eigenvalue weighted by Gasteiger charge is 2.21. The average Bonchev–Trinajstić information content (AvgIpc) is 2.44. The smallest absolute Gasteiger partial charge is 0.292 e. The van der Waals surface area contributed by atoms with Gasteiger partial charge in [-0.2, -0.15) is 5.26 Å². The Morgan fingerprint density at radius 3 is 2.80 bits per heavy atom. The number of anilines is 1. The summed E-state index contributed by atoms with van der Waals surface area (Å²) in [5, 5.41) is 21.9. The second-order valence-corrected chi connectivity index (χ2v) is 4.33. The van der Waals surface area contributed by atoms with Crippen LogP contribution < -0.4 is 5.32 Å². The van der Waals surface area contributed by atoms with E-state index in [4.69, 9.17) is 5.26 Å². The van der Waals surface area contributed by atoms with E-state index in [1.165, 1.54) is 18.2 Å². The van der Waals surface area contributed by atoms with Crippen LogP contribution in [-0.2, 0) is 4.79 Å². The zero-order chi connectivity index (χ0) is 15.1. The summed E-state index contributed by atoms with van der Waals surface area (Å²) in [6.07, 6.45) is 0.319. The number of nitro benzene ring substituents is 1. The van der Waals surface area contributed by atoms with Crippen molar-refractivity contribution >= 4 is 17.3 Å². The van der Waals surface area contributed by atoms with Crippen molar-refractivity contribution in [2.24, 2.45) is 0 Å². The van der Waals surface area contributed by atoms with E-state index < -0.39 is 11.0 Å². The van der Waals surface area contributed by atoms with Gasteiger partial charge in [-0.25, -0.2) is 0 Å².